The molecule has 1 aliphatic rings. The third-order valence-electron chi connectivity index (χ3n) is 5.40. The highest BCUT2D eigenvalue weighted by Crippen LogP contribution is 2.20. The van der Waals surface area contributed by atoms with Crippen molar-refractivity contribution in [2.24, 2.45) is 23.1 Å². The van der Waals surface area contributed by atoms with Gasteiger partial charge < -0.3 is 37.8 Å². The number of carbonyl (C=O) groups is 6. The van der Waals surface area contributed by atoms with E-state index in [9.17, 15) is 33.9 Å². The molecule has 186 valence electrons. The van der Waals surface area contributed by atoms with Crippen molar-refractivity contribution >= 4 is 35.5 Å². The van der Waals surface area contributed by atoms with Crippen LogP contribution in [0.5, 0.6) is 0 Å². The highest BCUT2D eigenvalue weighted by atomic mass is 16.4. The molecule has 1 aliphatic heterocycles. The van der Waals surface area contributed by atoms with Gasteiger partial charge in [-0.1, -0.05) is 13.8 Å². The fourth-order valence-electron chi connectivity index (χ4n) is 3.52. The lowest BCUT2D eigenvalue weighted by molar-refractivity contribution is -0.146. The molecular formula is C20H34N6O7. The molecule has 0 saturated carbocycles. The Balaban J connectivity index is 2.96. The number of hydrogen-bond acceptors (Lipinski definition) is 7. The Labute approximate surface area is 191 Å². The number of carboxylic acids is 1. The first-order valence-electron chi connectivity index (χ1n) is 10.8. The Morgan fingerprint density at radius 2 is 1.58 bits per heavy atom. The Hall–Kier alpha value is -3.22. The summed E-state index contributed by atoms with van der Waals surface area (Å²) in [4.78, 5) is 73.2. The highest BCUT2D eigenvalue weighted by molar-refractivity contribution is 5.95. The van der Waals surface area contributed by atoms with Gasteiger partial charge in [0.05, 0.1) is 6.04 Å². The van der Waals surface area contributed by atoms with Crippen LogP contribution < -0.4 is 27.8 Å². The number of nitrogens with zero attached hydrogens (tertiary/aromatic N) is 1. The fraction of sp³-hybridized carbons (Fsp3) is 0.700. The SMILES string of the molecule is CC(C)C(NC(=O)C1CCCN1C(=O)C(CCC(N)=O)NC(=O)C(N)CCC(N)=O)C(=O)O. The zero-order valence-electron chi connectivity index (χ0n) is 18.9. The molecule has 13 heteroatoms. The smallest absolute Gasteiger partial charge is 0.326 e. The maximum absolute atomic E-state index is 13.2. The molecule has 4 unspecified atom stereocenters. The molecule has 33 heavy (non-hydrogen) atoms. The molecule has 0 radical (unpaired) electrons. The van der Waals surface area contributed by atoms with Crippen LogP contribution in [0.25, 0.3) is 0 Å². The second-order valence-corrected chi connectivity index (χ2v) is 8.44. The zero-order valence-corrected chi connectivity index (χ0v) is 18.9. The normalized spacial score (nSPS) is 18.3. The van der Waals surface area contributed by atoms with E-state index in [1.807, 2.05) is 0 Å². The molecule has 0 aromatic rings. The minimum Gasteiger partial charge on any atom is -0.480 e. The lowest BCUT2D eigenvalue weighted by atomic mass is 10.0. The number of nitrogens with one attached hydrogen (secondary N) is 2. The van der Waals surface area contributed by atoms with Gasteiger partial charge in [-0.2, -0.15) is 0 Å². The molecule has 9 N–H and O–H groups in total. The van der Waals surface area contributed by atoms with Crippen molar-refractivity contribution < 1.29 is 33.9 Å². The lowest BCUT2D eigenvalue weighted by Gasteiger charge is -2.30. The van der Waals surface area contributed by atoms with Crippen LogP contribution in [0.4, 0.5) is 0 Å². The van der Waals surface area contributed by atoms with E-state index in [0.717, 1.165) is 0 Å². The summed E-state index contributed by atoms with van der Waals surface area (Å²) in [6.07, 6.45) is 0.347. The van der Waals surface area contributed by atoms with Crippen molar-refractivity contribution in [3.8, 4) is 0 Å². The number of carbonyl (C=O) groups excluding carboxylic acids is 5. The van der Waals surface area contributed by atoms with Gasteiger partial charge in [0.2, 0.25) is 29.5 Å². The number of amides is 5. The molecule has 13 nitrogen and oxygen atoms in total. The van der Waals surface area contributed by atoms with E-state index in [4.69, 9.17) is 17.2 Å². The summed E-state index contributed by atoms with van der Waals surface area (Å²) in [6, 6.07) is -4.34. The number of nitrogens with two attached hydrogens (primary N) is 3. The summed E-state index contributed by atoms with van der Waals surface area (Å²) >= 11 is 0. The number of aliphatic carboxylic acids is 1. The number of hydrogen-bond donors (Lipinski definition) is 6. The van der Waals surface area contributed by atoms with Crippen LogP contribution in [-0.2, 0) is 28.8 Å². The van der Waals surface area contributed by atoms with Crippen LogP contribution in [-0.4, -0.2) is 76.2 Å². The van der Waals surface area contributed by atoms with E-state index in [1.165, 1.54) is 4.90 Å². The Morgan fingerprint density at radius 3 is 2.09 bits per heavy atom. The second-order valence-electron chi connectivity index (χ2n) is 8.44. The predicted molar refractivity (Wildman–Crippen MR) is 116 cm³/mol. The Morgan fingerprint density at radius 1 is 1.00 bits per heavy atom. The number of likely N-dealkylation sites (tertiary alicyclic amines) is 1. The minimum absolute atomic E-state index is 0.0293. The summed E-state index contributed by atoms with van der Waals surface area (Å²) in [5.74, 6) is -4.82. The van der Waals surface area contributed by atoms with E-state index in [1.54, 1.807) is 13.8 Å². The molecular weight excluding hydrogens is 436 g/mol. The van der Waals surface area contributed by atoms with Gasteiger partial charge in [-0.25, -0.2) is 4.79 Å². The van der Waals surface area contributed by atoms with E-state index in [-0.39, 0.29) is 38.1 Å². The standard InChI is InChI=1S/C20H34N6O7/c1-10(2)16(20(32)33)25-18(30)13-4-3-9-26(13)19(31)12(6-8-15(23)28)24-17(29)11(21)5-7-14(22)27/h10-13,16H,3-9,21H2,1-2H3,(H2,22,27)(H2,23,28)(H,24,29)(H,25,30)(H,32,33). The molecule has 0 aliphatic carbocycles. The molecule has 1 heterocycles. The molecule has 1 rings (SSSR count). The van der Waals surface area contributed by atoms with Gasteiger partial charge in [-0.15, -0.1) is 0 Å². The Kier molecular flexibility index (Phi) is 10.7. The quantitative estimate of drug-likeness (QED) is 0.169. The van der Waals surface area contributed by atoms with Crippen molar-refractivity contribution in [2.75, 3.05) is 6.54 Å². The van der Waals surface area contributed by atoms with E-state index in [0.29, 0.717) is 12.8 Å². The van der Waals surface area contributed by atoms with Gasteiger partial charge in [-0.05, 0) is 31.6 Å². The zero-order chi connectivity index (χ0) is 25.3. The molecule has 0 bridgehead atoms. The van der Waals surface area contributed by atoms with Crippen LogP contribution in [0.1, 0.15) is 52.4 Å². The average Bonchev–Trinajstić information content (AvgIpc) is 3.21. The van der Waals surface area contributed by atoms with Crippen LogP contribution in [0, 0.1) is 5.92 Å². The fourth-order valence-corrected chi connectivity index (χ4v) is 3.52. The lowest BCUT2D eigenvalue weighted by Crippen LogP contribution is -2.57. The van der Waals surface area contributed by atoms with Crippen LogP contribution >= 0.6 is 0 Å². The topological polar surface area (TPSA) is 228 Å². The molecule has 4 atom stereocenters. The Bertz CT molecular complexity index is 772. The van der Waals surface area contributed by atoms with Crippen molar-refractivity contribution in [1.29, 1.82) is 0 Å². The third kappa shape index (κ3) is 8.67. The first kappa shape index (κ1) is 27.8. The molecule has 0 aromatic carbocycles. The van der Waals surface area contributed by atoms with Crippen LogP contribution in [0.2, 0.25) is 0 Å². The first-order chi connectivity index (χ1) is 15.3. The molecule has 1 fully saturated rings. The predicted octanol–water partition coefficient (Wildman–Crippen LogP) is -2.45. The van der Waals surface area contributed by atoms with Gasteiger partial charge in [0, 0.05) is 19.4 Å². The molecule has 1 saturated heterocycles. The van der Waals surface area contributed by atoms with Crippen molar-refractivity contribution in [2.45, 2.75) is 76.5 Å². The van der Waals surface area contributed by atoms with Crippen molar-refractivity contribution in [3.05, 3.63) is 0 Å². The number of rotatable bonds is 13. The van der Waals surface area contributed by atoms with Gasteiger partial charge in [0.1, 0.15) is 18.1 Å². The minimum atomic E-state index is -1.19. The molecule has 0 spiro atoms. The largest absolute Gasteiger partial charge is 0.480 e. The summed E-state index contributed by atoms with van der Waals surface area (Å²) in [5.41, 5.74) is 16.0. The monoisotopic (exact) mass is 470 g/mol. The molecule has 0 aromatic heterocycles. The highest BCUT2D eigenvalue weighted by Gasteiger charge is 2.39. The first-order valence-corrected chi connectivity index (χ1v) is 10.8. The number of carboxylic acid groups (broad SMARTS) is 1. The summed E-state index contributed by atoms with van der Waals surface area (Å²) in [7, 11) is 0. The third-order valence-corrected chi connectivity index (χ3v) is 5.40. The second kappa shape index (κ2) is 12.7. The van der Waals surface area contributed by atoms with Crippen molar-refractivity contribution in [1.82, 2.24) is 15.5 Å². The van der Waals surface area contributed by atoms with Gasteiger partial charge in [0.15, 0.2) is 0 Å². The van der Waals surface area contributed by atoms with Crippen molar-refractivity contribution in [3.63, 3.8) is 0 Å². The summed E-state index contributed by atoms with van der Waals surface area (Å²) in [6.45, 7) is 3.51. The van der Waals surface area contributed by atoms with Gasteiger partial charge in [-0.3, -0.25) is 24.0 Å². The van der Waals surface area contributed by atoms with Gasteiger partial charge >= 0.3 is 5.97 Å². The number of primary amides is 2. The van der Waals surface area contributed by atoms with Gasteiger partial charge in [0.25, 0.3) is 0 Å². The molecule has 5 amide bonds. The maximum atomic E-state index is 13.2. The van der Waals surface area contributed by atoms with Crippen LogP contribution in [0.15, 0.2) is 0 Å². The summed E-state index contributed by atoms with van der Waals surface area (Å²) < 4.78 is 0. The van der Waals surface area contributed by atoms with E-state index in [2.05, 4.69) is 10.6 Å². The maximum Gasteiger partial charge on any atom is 0.326 e. The summed E-state index contributed by atoms with van der Waals surface area (Å²) in [5, 5.41) is 14.3. The average molecular weight is 471 g/mol. The van der Waals surface area contributed by atoms with E-state index < -0.39 is 59.7 Å². The van der Waals surface area contributed by atoms with Crippen LogP contribution in [0.3, 0.4) is 0 Å². The van der Waals surface area contributed by atoms with E-state index >= 15 is 0 Å².